The molecule has 1 N–H and O–H groups in total. The molecule has 3 aliphatic rings. The molecule has 0 saturated carbocycles. The van der Waals surface area contributed by atoms with Gasteiger partial charge in [0.15, 0.2) is 0 Å². The van der Waals surface area contributed by atoms with Crippen molar-refractivity contribution in [2.24, 2.45) is 5.92 Å². The van der Waals surface area contributed by atoms with E-state index in [-0.39, 0.29) is 18.0 Å². The van der Waals surface area contributed by atoms with Crippen LogP contribution in [0.15, 0.2) is 120 Å². The van der Waals surface area contributed by atoms with E-state index in [0.29, 0.717) is 37.0 Å². The maximum Gasteiger partial charge on any atom is 0.243 e. The Kier molecular flexibility index (Phi) is 7.22. The topological polar surface area (TPSA) is 52.7 Å². The Labute approximate surface area is 249 Å². The summed E-state index contributed by atoms with van der Waals surface area (Å²) in [6, 6.07) is 35.7. The molecule has 2 heterocycles. The van der Waals surface area contributed by atoms with Crippen LogP contribution in [0, 0.1) is 12.8 Å². The van der Waals surface area contributed by atoms with Crippen molar-refractivity contribution < 1.29 is 8.42 Å². The predicted octanol–water partition coefficient (Wildman–Crippen LogP) is 6.92. The van der Waals surface area contributed by atoms with E-state index in [9.17, 15) is 8.42 Å². The van der Waals surface area contributed by atoms with Gasteiger partial charge >= 0.3 is 0 Å². The first-order chi connectivity index (χ1) is 20.5. The molecule has 0 amide bonds. The molecule has 7 rings (SSSR count). The highest BCUT2D eigenvalue weighted by atomic mass is 32.2. The van der Waals surface area contributed by atoms with Gasteiger partial charge in [-0.1, -0.05) is 103 Å². The van der Waals surface area contributed by atoms with Gasteiger partial charge in [0.2, 0.25) is 10.0 Å². The van der Waals surface area contributed by atoms with Gasteiger partial charge in [0.25, 0.3) is 0 Å². The van der Waals surface area contributed by atoms with Crippen LogP contribution in [0.3, 0.4) is 0 Å². The van der Waals surface area contributed by atoms with Gasteiger partial charge in [-0.2, -0.15) is 4.31 Å². The molecular formula is C36H37N3O2S. The van der Waals surface area contributed by atoms with E-state index < -0.39 is 10.0 Å². The van der Waals surface area contributed by atoms with E-state index in [1.54, 1.807) is 10.4 Å². The molecule has 42 heavy (non-hydrogen) atoms. The standard InChI is InChI=1S/C36H37N3O2S/c1-26-10-8-15-29(24-26)35-32-17-9-16-31(32)33-25-30(18-19-34(33)37-35)42(40,41)39-22-20-38(21-23-39)36(27-11-4-2-5-12-27)28-13-6-3-7-14-28/h2-16,18-19,24-25,31-32,35-37H,17,20-23H2,1H3. The summed E-state index contributed by atoms with van der Waals surface area (Å²) >= 11 is 0. The number of hydrogen-bond acceptors (Lipinski definition) is 4. The number of anilines is 1. The molecule has 5 nitrogen and oxygen atoms in total. The molecule has 4 aromatic carbocycles. The predicted molar refractivity (Wildman–Crippen MR) is 169 cm³/mol. The first-order valence-electron chi connectivity index (χ1n) is 15.0. The van der Waals surface area contributed by atoms with Crippen LogP contribution in [0.2, 0.25) is 0 Å². The SMILES string of the molecule is Cc1cccc(C2Nc3ccc(S(=O)(=O)N4CCN(C(c5ccccc5)c5ccccc5)CC4)cc3C3C=CCC32)c1. The minimum Gasteiger partial charge on any atom is -0.378 e. The van der Waals surface area contributed by atoms with Crippen LogP contribution in [0.1, 0.15) is 52.2 Å². The minimum absolute atomic E-state index is 0.0968. The number of hydrogen-bond donors (Lipinski definition) is 1. The zero-order valence-corrected chi connectivity index (χ0v) is 24.8. The van der Waals surface area contributed by atoms with Gasteiger partial charge in [-0.05, 0) is 59.7 Å². The molecule has 214 valence electrons. The second-order valence-corrected chi connectivity index (χ2v) is 13.7. The Bertz CT molecular complexity index is 1660. The number of sulfonamides is 1. The molecule has 0 bridgehead atoms. The van der Waals surface area contributed by atoms with Crippen molar-refractivity contribution in [2.45, 2.75) is 36.2 Å². The monoisotopic (exact) mass is 575 g/mol. The van der Waals surface area contributed by atoms with Crippen molar-refractivity contribution in [2.75, 3.05) is 31.5 Å². The summed E-state index contributed by atoms with van der Waals surface area (Å²) in [5.74, 6) is 0.574. The first-order valence-corrected chi connectivity index (χ1v) is 16.4. The number of rotatable bonds is 6. The van der Waals surface area contributed by atoms with Crippen molar-refractivity contribution in [3.8, 4) is 0 Å². The summed E-state index contributed by atoms with van der Waals surface area (Å²) in [6.45, 7) is 4.41. The second kappa shape index (κ2) is 11.2. The number of fused-ring (bicyclic) bond motifs is 3. The van der Waals surface area contributed by atoms with Crippen LogP contribution in [0.5, 0.6) is 0 Å². The lowest BCUT2D eigenvalue weighted by molar-refractivity contribution is 0.156. The van der Waals surface area contributed by atoms with E-state index in [1.165, 1.54) is 22.3 Å². The Hall–Kier alpha value is -3.71. The van der Waals surface area contributed by atoms with Crippen molar-refractivity contribution in [3.05, 3.63) is 143 Å². The molecule has 6 heteroatoms. The average Bonchev–Trinajstić information content (AvgIpc) is 3.53. The Balaban J connectivity index is 1.12. The van der Waals surface area contributed by atoms with Crippen molar-refractivity contribution in [3.63, 3.8) is 0 Å². The van der Waals surface area contributed by atoms with Crippen LogP contribution in [-0.4, -0.2) is 43.8 Å². The molecule has 1 saturated heterocycles. The second-order valence-electron chi connectivity index (χ2n) is 11.8. The summed E-state index contributed by atoms with van der Waals surface area (Å²) in [5.41, 5.74) is 7.12. The third-order valence-electron chi connectivity index (χ3n) is 9.24. The highest BCUT2D eigenvalue weighted by molar-refractivity contribution is 7.89. The van der Waals surface area contributed by atoms with Crippen LogP contribution in [0.25, 0.3) is 0 Å². The number of benzene rings is 4. The molecule has 0 spiro atoms. The molecule has 3 unspecified atom stereocenters. The number of allylic oxidation sites excluding steroid dienone is 2. The number of piperazine rings is 1. The fourth-order valence-electron chi connectivity index (χ4n) is 7.16. The summed E-state index contributed by atoms with van der Waals surface area (Å²) in [7, 11) is -3.62. The zero-order valence-electron chi connectivity index (χ0n) is 23.9. The van der Waals surface area contributed by atoms with E-state index in [4.69, 9.17) is 0 Å². The molecule has 1 aliphatic carbocycles. The van der Waals surface area contributed by atoms with E-state index in [2.05, 4.69) is 102 Å². The normalized spacial score (nSPS) is 22.5. The van der Waals surface area contributed by atoms with Crippen molar-refractivity contribution in [1.82, 2.24) is 9.21 Å². The van der Waals surface area contributed by atoms with Crippen LogP contribution >= 0.6 is 0 Å². The number of nitrogens with one attached hydrogen (secondary N) is 1. The molecule has 1 fully saturated rings. The number of aryl methyl sites for hydroxylation is 1. The Morgan fingerprint density at radius 1 is 0.786 bits per heavy atom. The largest absolute Gasteiger partial charge is 0.378 e. The molecule has 4 aromatic rings. The molecule has 2 aliphatic heterocycles. The van der Waals surface area contributed by atoms with Gasteiger partial charge in [-0.3, -0.25) is 4.90 Å². The van der Waals surface area contributed by atoms with Crippen LogP contribution < -0.4 is 5.32 Å². The fourth-order valence-corrected chi connectivity index (χ4v) is 8.62. The third kappa shape index (κ3) is 4.98. The molecular weight excluding hydrogens is 538 g/mol. The van der Waals surface area contributed by atoms with Gasteiger partial charge in [0.05, 0.1) is 17.0 Å². The van der Waals surface area contributed by atoms with Crippen LogP contribution in [-0.2, 0) is 10.0 Å². The average molecular weight is 576 g/mol. The zero-order chi connectivity index (χ0) is 28.7. The Morgan fingerprint density at radius 2 is 1.48 bits per heavy atom. The van der Waals surface area contributed by atoms with Gasteiger partial charge in [-0.15, -0.1) is 0 Å². The lowest BCUT2D eigenvalue weighted by atomic mass is 9.77. The molecule has 3 atom stereocenters. The maximum atomic E-state index is 14.0. The quantitative estimate of drug-likeness (QED) is 0.254. The van der Waals surface area contributed by atoms with E-state index in [0.717, 1.165) is 17.7 Å². The molecule has 0 aromatic heterocycles. The fraction of sp³-hybridized carbons (Fsp3) is 0.278. The Morgan fingerprint density at radius 3 is 2.14 bits per heavy atom. The lowest BCUT2D eigenvalue weighted by Gasteiger charge is -2.40. The summed E-state index contributed by atoms with van der Waals surface area (Å²) in [4.78, 5) is 2.81. The van der Waals surface area contributed by atoms with Gasteiger partial charge in [0, 0.05) is 37.8 Å². The van der Waals surface area contributed by atoms with Gasteiger partial charge in [0.1, 0.15) is 0 Å². The van der Waals surface area contributed by atoms with E-state index in [1.807, 2.05) is 24.3 Å². The van der Waals surface area contributed by atoms with Crippen LogP contribution in [0.4, 0.5) is 5.69 Å². The summed E-state index contributed by atoms with van der Waals surface area (Å²) in [6.07, 6.45) is 5.51. The van der Waals surface area contributed by atoms with Crippen molar-refractivity contribution in [1.29, 1.82) is 0 Å². The summed E-state index contributed by atoms with van der Waals surface area (Å²) in [5, 5.41) is 3.76. The lowest BCUT2D eigenvalue weighted by Crippen LogP contribution is -2.49. The van der Waals surface area contributed by atoms with Gasteiger partial charge in [-0.25, -0.2) is 8.42 Å². The highest BCUT2D eigenvalue weighted by Crippen LogP contribution is 2.50. The molecule has 0 radical (unpaired) electrons. The van der Waals surface area contributed by atoms with Gasteiger partial charge < -0.3 is 5.32 Å². The third-order valence-corrected chi connectivity index (χ3v) is 11.1. The van der Waals surface area contributed by atoms with Crippen molar-refractivity contribution >= 4 is 15.7 Å². The van der Waals surface area contributed by atoms with E-state index >= 15 is 0 Å². The maximum absolute atomic E-state index is 14.0. The number of nitrogens with zero attached hydrogens (tertiary/aromatic N) is 2. The highest BCUT2D eigenvalue weighted by Gasteiger charge is 2.39. The summed E-state index contributed by atoms with van der Waals surface area (Å²) < 4.78 is 29.6. The first kappa shape index (κ1) is 27.1. The smallest absolute Gasteiger partial charge is 0.243 e. The minimum atomic E-state index is -3.62.